The number of benzene rings is 1. The molecule has 1 N–H and O–H groups in total. The van der Waals surface area contributed by atoms with Gasteiger partial charge in [-0.3, -0.25) is 0 Å². The normalized spacial score (nSPS) is 17.2. The predicted octanol–water partition coefficient (Wildman–Crippen LogP) is 6.28. The molecule has 0 spiro atoms. The van der Waals surface area contributed by atoms with Crippen molar-refractivity contribution in [1.29, 1.82) is 0 Å². The van der Waals surface area contributed by atoms with E-state index >= 15 is 0 Å². The number of halogens is 4. The molecule has 1 aromatic rings. The Morgan fingerprint density at radius 3 is 2.13 bits per heavy atom. The monoisotopic (exact) mass is 669 g/mol. The van der Waals surface area contributed by atoms with E-state index in [1.54, 1.807) is 0 Å². The van der Waals surface area contributed by atoms with Crippen molar-refractivity contribution in [2.45, 2.75) is 46.1 Å². The molecule has 1 aliphatic rings. The van der Waals surface area contributed by atoms with Crippen molar-refractivity contribution in [3.63, 3.8) is 0 Å². The number of hydrogen-bond acceptors (Lipinski definition) is 1. The average molecular weight is 674 g/mol. The fourth-order valence-corrected chi connectivity index (χ4v) is 24.2. The van der Waals surface area contributed by atoms with Crippen molar-refractivity contribution in [2.75, 3.05) is 0 Å². The van der Waals surface area contributed by atoms with Crippen molar-refractivity contribution in [1.82, 2.24) is 3.26 Å². The van der Waals surface area contributed by atoms with Crippen molar-refractivity contribution in [3.8, 4) is 0 Å². The van der Waals surface area contributed by atoms with Gasteiger partial charge in [0.2, 0.25) is 0 Å². The van der Waals surface area contributed by atoms with E-state index in [1.165, 1.54) is 21.2 Å². The molecule has 1 aliphatic carbocycles. The zero-order chi connectivity index (χ0) is 15.4. The van der Waals surface area contributed by atoms with Gasteiger partial charge in [0.1, 0.15) is 0 Å². The molecule has 0 aliphatic heterocycles. The summed E-state index contributed by atoms with van der Waals surface area (Å²) in [5.74, 6) is 0. The average Bonchev–Trinajstić information content (AvgIpc) is 2.51. The topological polar surface area (TPSA) is 12.0 Å². The maximum absolute atomic E-state index is 4.07. The summed E-state index contributed by atoms with van der Waals surface area (Å²) >= 11 is 0.671. The van der Waals surface area contributed by atoms with Gasteiger partial charge in [-0.1, -0.05) is 0 Å². The van der Waals surface area contributed by atoms with Crippen molar-refractivity contribution < 1.29 is 17.7 Å². The van der Waals surface area contributed by atoms with Crippen LogP contribution in [0.1, 0.15) is 42.4 Å². The molecule has 1 nitrogen and oxygen atoms in total. The summed E-state index contributed by atoms with van der Waals surface area (Å²) < 4.78 is 11.0. The van der Waals surface area contributed by atoms with Crippen LogP contribution in [0.2, 0.25) is 9.26 Å². The Morgan fingerprint density at radius 2 is 1.65 bits per heavy atom. The molecule has 0 bridgehead atoms. The Bertz CT molecular complexity index is 659. The second-order valence-electron chi connectivity index (χ2n) is 8.25. The van der Waals surface area contributed by atoms with Crippen LogP contribution in [0.3, 0.4) is 0 Å². The Labute approximate surface area is 184 Å². The zero-order valence-corrected chi connectivity index (χ0v) is 25.3. The van der Waals surface area contributed by atoms with Crippen LogP contribution in [-0.2, 0) is 17.7 Å². The first-order valence-corrected chi connectivity index (χ1v) is 21.5. The second kappa shape index (κ2) is 8.75. The van der Waals surface area contributed by atoms with Gasteiger partial charge < -0.3 is 0 Å². The Balaban J connectivity index is 0. The van der Waals surface area contributed by atoms with E-state index < -0.39 is 17.7 Å². The summed E-state index contributed by atoms with van der Waals surface area (Å²) in [4.78, 5) is 0. The molecule has 0 saturated carbocycles. The fraction of sp³-hybridized carbons (Fsp3) is 0.500. The number of allylic oxidation sites excluding steroid dienone is 1. The third-order valence-electron chi connectivity index (χ3n) is 3.94. The molecule has 0 radical (unpaired) electrons. The van der Waals surface area contributed by atoms with Gasteiger partial charge in [0.05, 0.1) is 0 Å². The summed E-state index contributed by atoms with van der Waals surface area (Å²) in [5.41, 5.74) is 4.60. The molecule has 2 rings (SSSR count). The molecule has 1 aromatic carbocycles. The molecular weight excluding hydrogens is 645 g/mol. The van der Waals surface area contributed by atoms with Gasteiger partial charge in [-0.15, -0.1) is 50.9 Å². The van der Waals surface area contributed by atoms with Gasteiger partial charge in [0.25, 0.3) is 0 Å². The second-order valence-corrected chi connectivity index (χ2v) is 37.8. The first-order chi connectivity index (χ1) is 8.89. The van der Waals surface area contributed by atoms with E-state index in [1.807, 2.05) is 0 Å². The molecule has 134 valence electrons. The molecule has 23 heavy (non-hydrogen) atoms. The van der Waals surface area contributed by atoms with Crippen LogP contribution in [0.15, 0.2) is 28.2 Å². The van der Waals surface area contributed by atoms with Gasteiger partial charge in [-0.05, 0) is 0 Å². The van der Waals surface area contributed by atoms with E-state index in [4.69, 9.17) is 0 Å². The van der Waals surface area contributed by atoms with Crippen LogP contribution in [0, 0.1) is 0 Å². The van der Waals surface area contributed by atoms with Crippen LogP contribution in [0.5, 0.6) is 0 Å². The Morgan fingerprint density at radius 1 is 1.13 bits per heavy atom. The molecule has 0 heterocycles. The number of hydrogen-bond donors (Lipinski definition) is 1. The zero-order valence-electron chi connectivity index (χ0n) is 14.7. The van der Waals surface area contributed by atoms with Crippen molar-refractivity contribution in [2.24, 2.45) is 0 Å². The number of nitrogens with one attached hydrogen (secondary N) is 1. The van der Waals surface area contributed by atoms with E-state index in [2.05, 4.69) is 87.3 Å². The van der Waals surface area contributed by atoms with Gasteiger partial charge in [0, 0.05) is 0 Å². The maximum atomic E-state index is 4.07. The molecule has 1 unspecified atom stereocenters. The number of fused-ring (bicyclic) bond motifs is 1. The van der Waals surface area contributed by atoms with E-state index in [0.717, 1.165) is 0 Å². The first kappa shape index (κ1) is 27.2. The van der Waals surface area contributed by atoms with Crippen LogP contribution in [-0.4, -0.2) is 12.4 Å². The van der Waals surface area contributed by atoms with Crippen molar-refractivity contribution in [3.05, 3.63) is 39.4 Å². The Kier molecular flexibility index (Phi) is 10.3. The molecule has 0 fully saturated rings. The Hall–Kier alpha value is 1.94. The van der Waals surface area contributed by atoms with Gasteiger partial charge in [0.15, 0.2) is 0 Å². The quantitative estimate of drug-likeness (QED) is 0.365. The molecule has 7 heteroatoms. The third-order valence-corrected chi connectivity index (χ3v) is 18.4. The predicted molar refractivity (Wildman–Crippen MR) is 125 cm³/mol. The van der Waals surface area contributed by atoms with Gasteiger partial charge in [-0.25, -0.2) is 0 Å². The van der Waals surface area contributed by atoms with E-state index in [0.29, 0.717) is 3.63 Å². The van der Waals surface area contributed by atoms with Gasteiger partial charge >= 0.3 is 135 Å². The van der Waals surface area contributed by atoms with Crippen LogP contribution < -0.4 is 3.26 Å². The minimum absolute atomic E-state index is 0. The van der Waals surface area contributed by atoms with Crippen LogP contribution in [0.4, 0.5) is 0 Å². The standard InChI is InChI=1S/C10H8Br.C4H10N.2CH3.3BrH.H2Si.Zr/c1-7-5-8-3-2-4-10(11)9(8)6-7;1-4(2,3)5;;;;;;;/h2-6H,1H3;5H,1-3H3;2*1H3;3*1H;1H2;/q;-1;;;;;;;+1. The van der Waals surface area contributed by atoms with Crippen LogP contribution in [0.25, 0.3) is 6.08 Å². The van der Waals surface area contributed by atoms with Gasteiger partial charge in [-0.2, -0.15) is 0 Å². The SMILES string of the molecule is Br.Br.Br.CC1=Cc2c(Br)cccc2[CH]1[Zr]([CH3])([CH3])(=[SiH2])[NH]C(C)(C)C. The summed E-state index contributed by atoms with van der Waals surface area (Å²) in [6.07, 6.45) is 2.38. The molecular formula is C16H29Br4NSiZr. The summed E-state index contributed by atoms with van der Waals surface area (Å²) in [6, 6.07) is 6.64. The third kappa shape index (κ3) is 6.25. The summed E-state index contributed by atoms with van der Waals surface area (Å²) in [5, 5.41) is 0. The first-order valence-electron chi connectivity index (χ1n) is 7.23. The minimum atomic E-state index is -3.04. The van der Waals surface area contributed by atoms with E-state index in [9.17, 15) is 0 Å². The molecule has 0 saturated heterocycles. The number of rotatable bonds is 2. The molecule has 0 aromatic heterocycles. The summed E-state index contributed by atoms with van der Waals surface area (Å²) in [6.45, 7) is 11.4. The molecule has 0 amide bonds. The van der Waals surface area contributed by atoms with Crippen LogP contribution >= 0.6 is 66.9 Å². The summed E-state index contributed by atoms with van der Waals surface area (Å²) in [7, 11) is 0. The van der Waals surface area contributed by atoms with Crippen molar-refractivity contribution >= 4 is 79.8 Å². The van der Waals surface area contributed by atoms with E-state index in [-0.39, 0.29) is 56.5 Å². The molecule has 1 atom stereocenters. The fourth-order valence-electron chi connectivity index (χ4n) is 4.05.